The molecule has 170 valence electrons. The number of benzene rings is 2. The quantitative estimate of drug-likeness (QED) is 0.283. The van der Waals surface area contributed by atoms with Crippen LogP contribution in [0, 0.1) is 5.82 Å². The summed E-state index contributed by atoms with van der Waals surface area (Å²) in [4.78, 5) is 12.8. The predicted molar refractivity (Wildman–Crippen MR) is 136 cm³/mol. The molecule has 0 radical (unpaired) electrons. The van der Waals surface area contributed by atoms with E-state index in [1.165, 1.54) is 18.5 Å². The second-order valence-electron chi connectivity index (χ2n) is 6.97. The highest BCUT2D eigenvalue weighted by molar-refractivity contribution is 6.35. The van der Waals surface area contributed by atoms with Crippen molar-refractivity contribution in [3.05, 3.63) is 82.6 Å². The minimum atomic E-state index is -0.467. The molecule has 0 bridgehead atoms. The number of nitrogens with two attached hydrogens (primary N) is 1. The van der Waals surface area contributed by atoms with Gasteiger partial charge < -0.3 is 21.7 Å². The number of nitrogens with zero attached hydrogens (tertiary/aromatic N) is 3. The number of nitrogens with one attached hydrogen (secondary N) is 3. The van der Waals surface area contributed by atoms with E-state index >= 15 is 0 Å². The van der Waals surface area contributed by atoms with Crippen LogP contribution in [0.15, 0.2) is 71.8 Å². The van der Waals surface area contributed by atoms with Crippen LogP contribution < -0.4 is 21.7 Å². The molecular weight excluding hydrogens is 464 g/mol. The number of hydrogen-bond acceptors (Lipinski definition) is 7. The molecule has 0 aliphatic heterocycles. The minimum absolute atomic E-state index is 0.199. The van der Waals surface area contributed by atoms with Crippen LogP contribution in [0.1, 0.15) is 6.92 Å². The molecule has 7 nitrogen and oxygen atoms in total. The molecule has 0 unspecified atom stereocenters. The number of anilines is 4. The lowest BCUT2D eigenvalue weighted by Gasteiger charge is -2.15. The SMILES string of the molecule is C=C(C)Nc1ccc(F)c(Nc2nc(N/C(C=NC)=C/N)ncc2-c2cc(Cl)cc(Cl)c2)c1. The Balaban J connectivity index is 2.09. The molecule has 0 saturated heterocycles. The lowest BCUT2D eigenvalue weighted by Crippen LogP contribution is -2.09. The Hall–Kier alpha value is -3.62. The van der Waals surface area contributed by atoms with Gasteiger partial charge >= 0.3 is 0 Å². The maximum Gasteiger partial charge on any atom is 0.229 e. The van der Waals surface area contributed by atoms with E-state index in [2.05, 4.69) is 37.5 Å². The number of aliphatic imine (C=N–C) groups is 1. The zero-order valence-electron chi connectivity index (χ0n) is 18.0. The van der Waals surface area contributed by atoms with Crippen molar-refractivity contribution in [3.63, 3.8) is 0 Å². The van der Waals surface area contributed by atoms with E-state index in [9.17, 15) is 4.39 Å². The summed E-state index contributed by atoms with van der Waals surface area (Å²) < 4.78 is 14.7. The number of rotatable bonds is 8. The number of halogens is 3. The van der Waals surface area contributed by atoms with Crippen molar-refractivity contribution in [3.8, 4) is 11.1 Å². The van der Waals surface area contributed by atoms with Gasteiger partial charge in [-0.25, -0.2) is 9.37 Å². The maximum absolute atomic E-state index is 14.7. The van der Waals surface area contributed by atoms with E-state index in [1.807, 2.05) is 6.92 Å². The largest absolute Gasteiger partial charge is 0.403 e. The molecule has 0 aliphatic carbocycles. The van der Waals surface area contributed by atoms with Crippen molar-refractivity contribution in [1.82, 2.24) is 9.97 Å². The Bertz CT molecular complexity index is 1220. The van der Waals surface area contributed by atoms with Gasteiger partial charge in [0.1, 0.15) is 11.6 Å². The zero-order chi connectivity index (χ0) is 24.0. The van der Waals surface area contributed by atoms with Crippen LogP contribution in [0.5, 0.6) is 0 Å². The zero-order valence-corrected chi connectivity index (χ0v) is 19.5. The standard InChI is InChI=1S/C23H22Cl2FN7/c1-13(2)30-17-4-5-20(26)21(9-17)32-22-19(14-6-15(24)8-16(25)7-14)12-29-23(33-22)31-18(10-27)11-28-3/h4-12,30H,1,27H2,2-3H3,(H2,29,31,32,33)/b18-10+,28-11?. The van der Waals surface area contributed by atoms with Crippen LogP contribution in [0.2, 0.25) is 10.0 Å². The lowest BCUT2D eigenvalue weighted by atomic mass is 10.1. The first-order chi connectivity index (χ1) is 15.8. The van der Waals surface area contributed by atoms with Crippen LogP contribution in [0.4, 0.5) is 27.5 Å². The van der Waals surface area contributed by atoms with Gasteiger partial charge in [0.05, 0.1) is 11.4 Å². The molecule has 10 heteroatoms. The monoisotopic (exact) mass is 485 g/mol. The Morgan fingerprint density at radius 1 is 1.15 bits per heavy atom. The second kappa shape index (κ2) is 10.8. The van der Waals surface area contributed by atoms with Crippen molar-refractivity contribution < 1.29 is 4.39 Å². The number of aromatic nitrogens is 2. The smallest absolute Gasteiger partial charge is 0.229 e. The molecule has 0 saturated carbocycles. The lowest BCUT2D eigenvalue weighted by molar-refractivity contribution is 0.632. The Morgan fingerprint density at radius 2 is 1.88 bits per heavy atom. The van der Waals surface area contributed by atoms with E-state index in [-0.39, 0.29) is 11.6 Å². The summed E-state index contributed by atoms with van der Waals surface area (Å²) in [6.07, 6.45) is 4.43. The van der Waals surface area contributed by atoms with Crippen LogP contribution in [0.25, 0.3) is 11.1 Å². The Labute approximate surface area is 201 Å². The van der Waals surface area contributed by atoms with E-state index in [0.29, 0.717) is 44.1 Å². The summed E-state index contributed by atoms with van der Waals surface area (Å²) in [6, 6.07) is 9.62. The first kappa shape index (κ1) is 24.0. The molecule has 2 aromatic carbocycles. The van der Waals surface area contributed by atoms with Gasteiger partial charge in [0.2, 0.25) is 5.95 Å². The topological polar surface area (TPSA) is 100 Å². The summed E-state index contributed by atoms with van der Waals surface area (Å²) in [6.45, 7) is 5.62. The molecule has 3 aromatic rings. The van der Waals surface area contributed by atoms with Gasteiger partial charge in [0, 0.05) is 52.7 Å². The van der Waals surface area contributed by atoms with E-state index < -0.39 is 5.82 Å². The van der Waals surface area contributed by atoms with Gasteiger partial charge in [0.15, 0.2) is 0 Å². The normalized spacial score (nSPS) is 11.5. The molecule has 5 N–H and O–H groups in total. The number of hydrogen-bond donors (Lipinski definition) is 4. The van der Waals surface area contributed by atoms with Crippen LogP contribution in [-0.2, 0) is 0 Å². The maximum atomic E-state index is 14.7. The highest BCUT2D eigenvalue weighted by Gasteiger charge is 2.14. The van der Waals surface area contributed by atoms with Crippen molar-refractivity contribution in [2.75, 3.05) is 23.0 Å². The van der Waals surface area contributed by atoms with Crippen LogP contribution in [0.3, 0.4) is 0 Å². The van der Waals surface area contributed by atoms with Gasteiger partial charge in [-0.3, -0.25) is 4.99 Å². The van der Waals surface area contributed by atoms with Gasteiger partial charge in [-0.2, -0.15) is 4.98 Å². The molecule has 3 rings (SSSR count). The van der Waals surface area contributed by atoms with E-state index in [4.69, 9.17) is 28.9 Å². The van der Waals surface area contributed by atoms with Crippen molar-refractivity contribution in [2.24, 2.45) is 10.7 Å². The molecule has 1 heterocycles. The highest BCUT2D eigenvalue weighted by Crippen LogP contribution is 2.34. The molecule has 0 aliphatic rings. The molecule has 0 amide bonds. The van der Waals surface area contributed by atoms with Crippen molar-refractivity contribution >= 4 is 52.6 Å². The average molecular weight is 486 g/mol. The van der Waals surface area contributed by atoms with Crippen molar-refractivity contribution in [2.45, 2.75) is 6.92 Å². The van der Waals surface area contributed by atoms with Gasteiger partial charge in [-0.1, -0.05) is 29.8 Å². The third-order valence-corrected chi connectivity index (χ3v) is 4.68. The third-order valence-electron chi connectivity index (χ3n) is 4.24. The molecule has 0 fully saturated rings. The Kier molecular flexibility index (Phi) is 7.87. The van der Waals surface area contributed by atoms with Gasteiger partial charge in [-0.15, -0.1) is 0 Å². The highest BCUT2D eigenvalue weighted by atomic mass is 35.5. The average Bonchev–Trinajstić information content (AvgIpc) is 2.75. The second-order valence-corrected chi connectivity index (χ2v) is 7.85. The molecule has 33 heavy (non-hydrogen) atoms. The van der Waals surface area contributed by atoms with E-state index in [0.717, 1.165) is 0 Å². The summed E-state index contributed by atoms with van der Waals surface area (Å²) in [5.41, 5.74) is 8.90. The molecule has 1 aromatic heterocycles. The summed E-state index contributed by atoms with van der Waals surface area (Å²) >= 11 is 12.4. The first-order valence-electron chi connectivity index (χ1n) is 9.72. The number of allylic oxidation sites excluding steroid dienone is 2. The Morgan fingerprint density at radius 3 is 2.52 bits per heavy atom. The van der Waals surface area contributed by atoms with Crippen molar-refractivity contribution in [1.29, 1.82) is 0 Å². The van der Waals surface area contributed by atoms with Crippen LogP contribution >= 0.6 is 23.2 Å². The van der Waals surface area contributed by atoms with Gasteiger partial charge in [0.25, 0.3) is 0 Å². The molecule has 0 atom stereocenters. The van der Waals surface area contributed by atoms with Crippen LogP contribution in [-0.4, -0.2) is 23.2 Å². The fraction of sp³-hybridized carbons (Fsp3) is 0.0870. The summed E-state index contributed by atoms with van der Waals surface area (Å²) in [5.74, 6) is 0.0794. The van der Waals surface area contributed by atoms with E-state index in [1.54, 1.807) is 43.6 Å². The fourth-order valence-electron chi connectivity index (χ4n) is 2.92. The molecule has 0 spiro atoms. The predicted octanol–water partition coefficient (Wildman–Crippen LogP) is 6.19. The summed E-state index contributed by atoms with van der Waals surface area (Å²) in [7, 11) is 1.61. The first-order valence-corrected chi connectivity index (χ1v) is 10.5. The molecular formula is C23H22Cl2FN7. The summed E-state index contributed by atoms with van der Waals surface area (Å²) in [5, 5.41) is 9.96. The fourth-order valence-corrected chi connectivity index (χ4v) is 3.44. The minimum Gasteiger partial charge on any atom is -0.403 e. The van der Waals surface area contributed by atoms with Gasteiger partial charge in [-0.05, 0) is 48.9 Å². The third kappa shape index (κ3) is 6.44.